The van der Waals surface area contributed by atoms with Gasteiger partial charge in [-0.25, -0.2) is 0 Å². The first-order valence-corrected chi connectivity index (χ1v) is 7.66. The molecule has 0 aliphatic carbocycles. The molecule has 7 nitrogen and oxygen atoms in total. The number of nitrogens with two attached hydrogens (primary N) is 1. The second-order valence-electron chi connectivity index (χ2n) is 6.19. The number of benzene rings is 1. The molecule has 0 fully saturated rings. The quantitative estimate of drug-likeness (QED) is 0.564. The molecule has 0 aromatic heterocycles. The van der Waals surface area contributed by atoms with Crippen LogP contribution in [0.3, 0.4) is 0 Å². The van der Waals surface area contributed by atoms with Gasteiger partial charge in [-0.1, -0.05) is 13.8 Å². The van der Waals surface area contributed by atoms with E-state index >= 15 is 0 Å². The Labute approximate surface area is 136 Å². The second kappa shape index (κ2) is 7.92. The van der Waals surface area contributed by atoms with Crippen LogP contribution in [0.15, 0.2) is 18.2 Å². The highest BCUT2D eigenvalue weighted by molar-refractivity contribution is 5.95. The molecule has 0 saturated carbocycles. The molecular weight excluding hydrogens is 298 g/mol. The van der Waals surface area contributed by atoms with Crippen molar-refractivity contribution >= 4 is 11.6 Å². The van der Waals surface area contributed by atoms with E-state index in [0.717, 1.165) is 0 Å². The molecule has 1 unspecified atom stereocenters. The average molecular weight is 323 g/mol. The molecule has 1 amide bonds. The lowest BCUT2D eigenvalue weighted by atomic mass is 9.90. The molecular formula is C16H25N3O4. The number of ether oxygens (including phenoxy) is 1. The van der Waals surface area contributed by atoms with E-state index in [-0.39, 0.29) is 29.5 Å². The number of hydrogen-bond acceptors (Lipinski definition) is 5. The SMILES string of the molecule is CCOc1ccc(C(=O)NC(C)(CN)CC(C)C)cc1[N+](=O)[O-]. The molecule has 1 atom stereocenters. The van der Waals surface area contributed by atoms with Gasteiger partial charge in [0, 0.05) is 23.7 Å². The third kappa shape index (κ3) is 5.21. The van der Waals surface area contributed by atoms with Gasteiger partial charge in [0.05, 0.1) is 11.5 Å². The Morgan fingerprint density at radius 2 is 2.13 bits per heavy atom. The Hall–Kier alpha value is -2.15. The normalized spacial score (nSPS) is 13.5. The van der Waals surface area contributed by atoms with Crippen LogP contribution in [0.1, 0.15) is 44.5 Å². The monoisotopic (exact) mass is 323 g/mol. The van der Waals surface area contributed by atoms with Crippen molar-refractivity contribution in [2.75, 3.05) is 13.2 Å². The van der Waals surface area contributed by atoms with Gasteiger partial charge in [-0.15, -0.1) is 0 Å². The number of rotatable bonds is 8. The summed E-state index contributed by atoms with van der Waals surface area (Å²) in [5.74, 6) is 0.126. The van der Waals surface area contributed by atoms with Crippen molar-refractivity contribution in [2.45, 2.75) is 39.7 Å². The number of nitrogens with zero attached hydrogens (tertiary/aromatic N) is 1. The molecule has 0 radical (unpaired) electrons. The minimum Gasteiger partial charge on any atom is -0.487 e. The van der Waals surface area contributed by atoms with Crippen LogP contribution in [0.2, 0.25) is 0 Å². The van der Waals surface area contributed by atoms with Gasteiger partial charge in [-0.3, -0.25) is 14.9 Å². The van der Waals surface area contributed by atoms with Gasteiger partial charge >= 0.3 is 5.69 Å². The maximum absolute atomic E-state index is 12.4. The molecule has 0 aliphatic rings. The molecule has 0 spiro atoms. The molecule has 1 rings (SSSR count). The summed E-state index contributed by atoms with van der Waals surface area (Å²) in [4.78, 5) is 23.0. The number of amides is 1. The Bertz CT molecular complexity index is 574. The maximum atomic E-state index is 12.4. The summed E-state index contributed by atoms with van der Waals surface area (Å²) in [7, 11) is 0. The van der Waals surface area contributed by atoms with Gasteiger partial charge in [-0.2, -0.15) is 0 Å². The summed E-state index contributed by atoms with van der Waals surface area (Å²) in [6.07, 6.45) is 0.717. The van der Waals surface area contributed by atoms with Crippen LogP contribution in [-0.2, 0) is 0 Å². The van der Waals surface area contributed by atoms with Crippen LogP contribution in [0.25, 0.3) is 0 Å². The van der Waals surface area contributed by atoms with Crippen molar-refractivity contribution in [3.8, 4) is 5.75 Å². The van der Waals surface area contributed by atoms with E-state index in [1.165, 1.54) is 18.2 Å². The van der Waals surface area contributed by atoms with Crippen molar-refractivity contribution in [1.29, 1.82) is 0 Å². The summed E-state index contributed by atoms with van der Waals surface area (Å²) in [5.41, 5.74) is 5.21. The second-order valence-corrected chi connectivity index (χ2v) is 6.19. The van der Waals surface area contributed by atoms with E-state index in [4.69, 9.17) is 10.5 Å². The molecule has 7 heteroatoms. The third-order valence-electron chi connectivity index (χ3n) is 3.44. The van der Waals surface area contributed by atoms with Crippen molar-refractivity contribution in [3.63, 3.8) is 0 Å². The standard InChI is InChI=1S/C16H25N3O4/c1-5-23-14-7-6-12(8-13(14)19(21)22)15(20)18-16(4,10-17)9-11(2)3/h6-8,11H,5,9-10,17H2,1-4H3,(H,18,20). The largest absolute Gasteiger partial charge is 0.487 e. The first-order chi connectivity index (χ1) is 10.7. The lowest BCUT2D eigenvalue weighted by molar-refractivity contribution is -0.385. The number of nitrogens with one attached hydrogen (secondary N) is 1. The van der Waals surface area contributed by atoms with Crippen molar-refractivity contribution in [1.82, 2.24) is 5.32 Å². The highest BCUT2D eigenvalue weighted by Gasteiger charge is 2.27. The predicted molar refractivity (Wildman–Crippen MR) is 88.6 cm³/mol. The summed E-state index contributed by atoms with van der Waals surface area (Å²) >= 11 is 0. The topological polar surface area (TPSA) is 107 Å². The van der Waals surface area contributed by atoms with Gasteiger partial charge in [0.15, 0.2) is 5.75 Å². The first kappa shape index (κ1) is 18.9. The van der Waals surface area contributed by atoms with Gasteiger partial charge in [0.1, 0.15) is 0 Å². The zero-order valence-electron chi connectivity index (χ0n) is 14.1. The summed E-state index contributed by atoms with van der Waals surface area (Å²) in [5, 5.41) is 14.0. The van der Waals surface area contributed by atoms with E-state index in [2.05, 4.69) is 5.32 Å². The lowest BCUT2D eigenvalue weighted by Gasteiger charge is -2.31. The lowest BCUT2D eigenvalue weighted by Crippen LogP contribution is -2.52. The predicted octanol–water partition coefficient (Wildman–Crippen LogP) is 2.49. The van der Waals surface area contributed by atoms with Crippen molar-refractivity contribution in [2.24, 2.45) is 11.7 Å². The molecule has 1 aromatic rings. The minimum absolute atomic E-state index is 0.151. The number of nitro groups is 1. The number of nitro benzene ring substituents is 1. The van der Waals surface area contributed by atoms with Gasteiger partial charge < -0.3 is 15.8 Å². The van der Waals surface area contributed by atoms with E-state index in [9.17, 15) is 14.9 Å². The van der Waals surface area contributed by atoms with Crippen LogP contribution in [0.4, 0.5) is 5.69 Å². The Morgan fingerprint density at radius 1 is 1.48 bits per heavy atom. The third-order valence-corrected chi connectivity index (χ3v) is 3.44. The van der Waals surface area contributed by atoms with Crippen LogP contribution >= 0.6 is 0 Å². The fourth-order valence-corrected chi connectivity index (χ4v) is 2.51. The maximum Gasteiger partial charge on any atom is 0.311 e. The van der Waals surface area contributed by atoms with E-state index < -0.39 is 10.5 Å². The Balaban J connectivity index is 3.04. The van der Waals surface area contributed by atoms with Crippen LogP contribution in [-0.4, -0.2) is 29.5 Å². The minimum atomic E-state index is -0.558. The highest BCUT2D eigenvalue weighted by atomic mass is 16.6. The molecule has 3 N–H and O–H groups in total. The van der Waals surface area contributed by atoms with Gasteiger partial charge in [0.25, 0.3) is 5.91 Å². The summed E-state index contributed by atoms with van der Waals surface area (Å²) < 4.78 is 5.21. The molecule has 0 bridgehead atoms. The number of carbonyl (C=O) groups is 1. The van der Waals surface area contributed by atoms with E-state index in [1.807, 2.05) is 20.8 Å². The molecule has 0 heterocycles. The highest BCUT2D eigenvalue weighted by Crippen LogP contribution is 2.28. The number of carbonyl (C=O) groups excluding carboxylic acids is 1. The molecule has 0 aliphatic heterocycles. The van der Waals surface area contributed by atoms with Crippen LogP contribution in [0, 0.1) is 16.0 Å². The van der Waals surface area contributed by atoms with E-state index in [1.54, 1.807) is 6.92 Å². The van der Waals surface area contributed by atoms with Crippen molar-refractivity contribution in [3.05, 3.63) is 33.9 Å². The van der Waals surface area contributed by atoms with Gasteiger partial charge in [0.2, 0.25) is 0 Å². The molecule has 0 saturated heterocycles. The van der Waals surface area contributed by atoms with Crippen molar-refractivity contribution < 1.29 is 14.5 Å². The van der Waals surface area contributed by atoms with Crippen LogP contribution in [0.5, 0.6) is 5.75 Å². The molecule has 128 valence electrons. The van der Waals surface area contributed by atoms with Gasteiger partial charge in [-0.05, 0) is 38.3 Å². The summed E-state index contributed by atoms with van der Waals surface area (Å²) in [6.45, 7) is 8.29. The zero-order valence-corrected chi connectivity index (χ0v) is 14.1. The molecule has 1 aromatic carbocycles. The Morgan fingerprint density at radius 3 is 2.61 bits per heavy atom. The number of hydrogen-bond donors (Lipinski definition) is 2. The van der Waals surface area contributed by atoms with Crippen LogP contribution < -0.4 is 15.8 Å². The smallest absolute Gasteiger partial charge is 0.311 e. The fourth-order valence-electron chi connectivity index (χ4n) is 2.51. The summed E-state index contributed by atoms with van der Waals surface area (Å²) in [6, 6.07) is 4.19. The molecule has 23 heavy (non-hydrogen) atoms. The average Bonchev–Trinajstić information content (AvgIpc) is 2.46. The Kier molecular flexibility index (Phi) is 6.50. The first-order valence-electron chi connectivity index (χ1n) is 7.66. The fraction of sp³-hybridized carbons (Fsp3) is 0.562. The zero-order chi connectivity index (χ0) is 17.6. The van der Waals surface area contributed by atoms with E-state index in [0.29, 0.717) is 18.9 Å².